The fraction of sp³-hybridized carbons (Fsp3) is 0.167. The number of benzene rings is 1. The Morgan fingerprint density at radius 2 is 2.12 bits per heavy atom. The van der Waals surface area contributed by atoms with Crippen molar-refractivity contribution in [3.63, 3.8) is 0 Å². The van der Waals surface area contributed by atoms with E-state index in [1.54, 1.807) is 6.20 Å². The Morgan fingerprint density at radius 1 is 1.29 bits per heavy atom. The predicted octanol–water partition coefficient (Wildman–Crippen LogP) is 2.06. The number of imide groups is 1. The summed E-state index contributed by atoms with van der Waals surface area (Å²) in [5.41, 5.74) is 1.84. The van der Waals surface area contributed by atoms with Gasteiger partial charge in [0.1, 0.15) is 0 Å². The molecule has 86 valence electrons. The van der Waals surface area contributed by atoms with Crippen LogP contribution in [-0.2, 0) is 9.59 Å². The summed E-state index contributed by atoms with van der Waals surface area (Å²) in [6.45, 7) is 0. The van der Waals surface area contributed by atoms with Crippen molar-refractivity contribution >= 4 is 38.6 Å². The molecule has 1 atom stereocenters. The van der Waals surface area contributed by atoms with Crippen molar-refractivity contribution in [2.24, 2.45) is 0 Å². The molecule has 1 aliphatic rings. The molecule has 1 fully saturated rings. The predicted molar refractivity (Wildman–Crippen MR) is 66.5 cm³/mol. The first-order chi connectivity index (χ1) is 8.15. The zero-order valence-corrected chi connectivity index (χ0v) is 10.4. The van der Waals surface area contributed by atoms with Gasteiger partial charge >= 0.3 is 0 Å². The highest BCUT2D eigenvalue weighted by Gasteiger charge is 2.33. The first-order valence-corrected chi connectivity index (χ1v) is 6.04. The SMILES string of the molecule is O=C1CC(c2c[nH]c3cc(Br)ccc23)C(=O)N1. The number of hydrogen-bond donors (Lipinski definition) is 2. The van der Waals surface area contributed by atoms with Crippen LogP contribution in [0, 0.1) is 0 Å². The van der Waals surface area contributed by atoms with E-state index in [-0.39, 0.29) is 24.2 Å². The van der Waals surface area contributed by atoms with Gasteiger partial charge in [-0.3, -0.25) is 14.9 Å². The molecular weight excluding hydrogens is 284 g/mol. The summed E-state index contributed by atoms with van der Waals surface area (Å²) in [7, 11) is 0. The zero-order chi connectivity index (χ0) is 12.0. The van der Waals surface area contributed by atoms with E-state index in [2.05, 4.69) is 26.2 Å². The van der Waals surface area contributed by atoms with Gasteiger partial charge in [-0.1, -0.05) is 22.0 Å². The fourth-order valence-electron chi connectivity index (χ4n) is 2.21. The average molecular weight is 293 g/mol. The Balaban J connectivity index is 2.12. The van der Waals surface area contributed by atoms with Crippen molar-refractivity contribution < 1.29 is 9.59 Å². The molecule has 3 rings (SSSR count). The summed E-state index contributed by atoms with van der Waals surface area (Å²) in [5.74, 6) is -0.775. The average Bonchev–Trinajstić information content (AvgIpc) is 2.81. The lowest BCUT2D eigenvalue weighted by Crippen LogP contribution is -2.21. The number of amides is 2. The molecule has 2 aromatic rings. The first kappa shape index (κ1) is 10.5. The molecule has 1 aromatic heterocycles. The van der Waals surface area contributed by atoms with Gasteiger partial charge in [0.15, 0.2) is 0 Å². The summed E-state index contributed by atoms with van der Waals surface area (Å²) < 4.78 is 0.977. The van der Waals surface area contributed by atoms with E-state index in [1.807, 2.05) is 18.2 Å². The van der Waals surface area contributed by atoms with E-state index in [1.165, 1.54) is 0 Å². The number of hydrogen-bond acceptors (Lipinski definition) is 2. The molecule has 2 heterocycles. The molecule has 1 aliphatic heterocycles. The topological polar surface area (TPSA) is 62.0 Å². The van der Waals surface area contributed by atoms with Gasteiger partial charge in [0, 0.05) is 28.0 Å². The van der Waals surface area contributed by atoms with Crippen molar-refractivity contribution in [3.05, 3.63) is 34.4 Å². The molecule has 1 saturated heterocycles. The monoisotopic (exact) mass is 292 g/mol. The largest absolute Gasteiger partial charge is 0.361 e. The van der Waals surface area contributed by atoms with Gasteiger partial charge in [0.05, 0.1) is 5.92 Å². The summed E-state index contributed by atoms with van der Waals surface area (Å²) in [6, 6.07) is 5.82. The number of carbonyl (C=O) groups is 2. The number of fused-ring (bicyclic) bond motifs is 1. The molecule has 0 radical (unpaired) electrons. The van der Waals surface area contributed by atoms with Crippen molar-refractivity contribution in [1.29, 1.82) is 0 Å². The molecule has 5 heteroatoms. The Kier molecular flexibility index (Phi) is 2.29. The van der Waals surface area contributed by atoms with E-state index in [0.717, 1.165) is 20.9 Å². The molecule has 4 nitrogen and oxygen atoms in total. The highest BCUT2D eigenvalue weighted by atomic mass is 79.9. The second-order valence-electron chi connectivity index (χ2n) is 4.10. The Labute approximate surface area is 106 Å². The lowest BCUT2D eigenvalue weighted by molar-refractivity contribution is -0.125. The van der Waals surface area contributed by atoms with Crippen LogP contribution in [0.5, 0.6) is 0 Å². The van der Waals surface area contributed by atoms with Crippen LogP contribution in [0.15, 0.2) is 28.9 Å². The van der Waals surface area contributed by atoms with E-state index in [9.17, 15) is 9.59 Å². The number of aromatic nitrogens is 1. The highest BCUT2D eigenvalue weighted by Crippen LogP contribution is 2.31. The van der Waals surface area contributed by atoms with E-state index >= 15 is 0 Å². The lowest BCUT2D eigenvalue weighted by atomic mass is 9.97. The molecule has 17 heavy (non-hydrogen) atoms. The van der Waals surface area contributed by atoms with Gasteiger partial charge in [0.25, 0.3) is 0 Å². The van der Waals surface area contributed by atoms with Crippen LogP contribution in [0.25, 0.3) is 10.9 Å². The van der Waals surface area contributed by atoms with Crippen LogP contribution < -0.4 is 5.32 Å². The van der Waals surface area contributed by atoms with Crippen molar-refractivity contribution in [2.75, 3.05) is 0 Å². The quantitative estimate of drug-likeness (QED) is 0.791. The molecule has 0 saturated carbocycles. The van der Waals surface area contributed by atoms with Crippen LogP contribution >= 0.6 is 15.9 Å². The van der Waals surface area contributed by atoms with Gasteiger partial charge in [0.2, 0.25) is 11.8 Å². The third kappa shape index (κ3) is 1.67. The van der Waals surface area contributed by atoms with Gasteiger partial charge in [-0.15, -0.1) is 0 Å². The molecule has 2 amide bonds. The Morgan fingerprint density at radius 3 is 2.82 bits per heavy atom. The second-order valence-corrected chi connectivity index (χ2v) is 5.02. The van der Waals surface area contributed by atoms with Gasteiger partial charge in [-0.05, 0) is 17.7 Å². The smallest absolute Gasteiger partial charge is 0.234 e. The van der Waals surface area contributed by atoms with Gasteiger partial charge in [-0.25, -0.2) is 0 Å². The summed E-state index contributed by atoms with van der Waals surface area (Å²) in [4.78, 5) is 26.0. The third-order valence-corrected chi connectivity index (χ3v) is 3.51. The highest BCUT2D eigenvalue weighted by molar-refractivity contribution is 9.10. The number of halogens is 1. The minimum atomic E-state index is -0.363. The van der Waals surface area contributed by atoms with Crippen LogP contribution in [-0.4, -0.2) is 16.8 Å². The number of rotatable bonds is 1. The maximum atomic E-state index is 11.6. The Bertz CT molecular complexity index is 632. The third-order valence-electron chi connectivity index (χ3n) is 3.02. The van der Waals surface area contributed by atoms with Gasteiger partial charge < -0.3 is 4.98 Å². The van der Waals surface area contributed by atoms with E-state index in [4.69, 9.17) is 0 Å². The summed E-state index contributed by atoms with van der Waals surface area (Å²) in [5, 5.41) is 3.32. The molecule has 0 aliphatic carbocycles. The first-order valence-electron chi connectivity index (χ1n) is 5.25. The van der Waals surface area contributed by atoms with Gasteiger partial charge in [-0.2, -0.15) is 0 Å². The summed E-state index contributed by atoms with van der Waals surface area (Å²) in [6.07, 6.45) is 2.04. The molecule has 1 aromatic carbocycles. The zero-order valence-electron chi connectivity index (χ0n) is 8.79. The number of nitrogens with one attached hydrogen (secondary N) is 2. The molecular formula is C12H9BrN2O2. The Hall–Kier alpha value is -1.62. The molecule has 1 unspecified atom stereocenters. The van der Waals surface area contributed by atoms with Crippen molar-refractivity contribution in [2.45, 2.75) is 12.3 Å². The van der Waals surface area contributed by atoms with E-state index < -0.39 is 0 Å². The van der Waals surface area contributed by atoms with Crippen molar-refractivity contribution in [1.82, 2.24) is 10.3 Å². The summed E-state index contributed by atoms with van der Waals surface area (Å²) >= 11 is 3.39. The maximum absolute atomic E-state index is 11.6. The van der Waals surface area contributed by atoms with Crippen LogP contribution in [0.3, 0.4) is 0 Å². The minimum Gasteiger partial charge on any atom is -0.361 e. The lowest BCUT2D eigenvalue weighted by Gasteiger charge is -2.03. The van der Waals surface area contributed by atoms with Crippen LogP contribution in [0.1, 0.15) is 17.9 Å². The number of carbonyl (C=O) groups excluding carboxylic acids is 2. The standard InChI is InChI=1S/C12H9BrN2O2/c13-6-1-2-7-9(5-14-10(7)3-6)8-4-11(16)15-12(8)17/h1-3,5,8,14H,4H2,(H,15,16,17). The number of aromatic amines is 1. The fourth-order valence-corrected chi connectivity index (χ4v) is 2.58. The van der Waals surface area contributed by atoms with Crippen molar-refractivity contribution in [3.8, 4) is 0 Å². The normalized spacial score (nSPS) is 19.9. The second kappa shape index (κ2) is 3.70. The minimum absolute atomic E-state index is 0.202. The van der Waals surface area contributed by atoms with E-state index in [0.29, 0.717) is 0 Å². The molecule has 2 N–H and O–H groups in total. The van der Waals surface area contributed by atoms with Crippen LogP contribution in [0.2, 0.25) is 0 Å². The maximum Gasteiger partial charge on any atom is 0.234 e. The van der Waals surface area contributed by atoms with Crippen LogP contribution in [0.4, 0.5) is 0 Å². The molecule has 0 spiro atoms. The number of H-pyrrole nitrogens is 1. The molecule has 0 bridgehead atoms.